The molecule has 3 heteroatoms. The highest BCUT2D eigenvalue weighted by Gasteiger charge is 1.93. The van der Waals surface area contributed by atoms with Crippen molar-refractivity contribution in [1.82, 2.24) is 4.98 Å². The van der Waals surface area contributed by atoms with Gasteiger partial charge in [0.05, 0.1) is 5.02 Å². The van der Waals surface area contributed by atoms with Gasteiger partial charge >= 0.3 is 0 Å². The minimum Gasteiger partial charge on any atom is -0.385 e. The number of aromatic nitrogens is 1. The predicted octanol–water partition coefficient (Wildman–Crippen LogP) is 2.31. The van der Waals surface area contributed by atoms with E-state index in [1.807, 2.05) is 12.1 Å². The molecule has 0 bridgehead atoms. The molecule has 0 aromatic carbocycles. The molecule has 12 heavy (non-hydrogen) atoms. The van der Waals surface area contributed by atoms with Gasteiger partial charge in [0, 0.05) is 25.6 Å². The third-order valence-corrected chi connectivity index (χ3v) is 1.79. The Morgan fingerprint density at radius 1 is 1.50 bits per heavy atom. The van der Waals surface area contributed by atoms with Crippen LogP contribution in [0, 0.1) is 0 Å². The van der Waals surface area contributed by atoms with Gasteiger partial charge in [0.15, 0.2) is 0 Å². The van der Waals surface area contributed by atoms with Gasteiger partial charge in [-0.1, -0.05) is 11.6 Å². The zero-order valence-electron chi connectivity index (χ0n) is 7.09. The van der Waals surface area contributed by atoms with E-state index in [9.17, 15) is 0 Å². The summed E-state index contributed by atoms with van der Waals surface area (Å²) in [4.78, 5) is 4.16. The lowest BCUT2D eigenvalue weighted by Gasteiger charge is -1.99. The molecule has 0 unspecified atom stereocenters. The molecule has 0 amide bonds. The first-order valence-electron chi connectivity index (χ1n) is 3.92. The molecule has 1 aromatic heterocycles. The Kier molecular flexibility index (Phi) is 4.05. The zero-order chi connectivity index (χ0) is 8.81. The van der Waals surface area contributed by atoms with Crippen molar-refractivity contribution >= 4 is 11.6 Å². The minimum absolute atomic E-state index is 0.686. The highest BCUT2D eigenvalue weighted by molar-refractivity contribution is 6.30. The van der Waals surface area contributed by atoms with Crippen LogP contribution in [0.4, 0.5) is 0 Å². The molecule has 2 nitrogen and oxygen atoms in total. The molecule has 0 aliphatic rings. The summed E-state index contributed by atoms with van der Waals surface area (Å²) in [5, 5.41) is 0.686. The zero-order valence-corrected chi connectivity index (χ0v) is 7.84. The second-order valence-electron chi connectivity index (χ2n) is 2.56. The van der Waals surface area contributed by atoms with Crippen LogP contribution < -0.4 is 0 Å². The fourth-order valence-electron chi connectivity index (χ4n) is 0.952. The Morgan fingerprint density at radius 2 is 2.33 bits per heavy atom. The fraction of sp³-hybridized carbons (Fsp3) is 0.444. The van der Waals surface area contributed by atoms with E-state index in [4.69, 9.17) is 16.3 Å². The maximum absolute atomic E-state index is 5.69. The summed E-state index contributed by atoms with van der Waals surface area (Å²) in [7, 11) is 1.70. The molecule has 0 fully saturated rings. The second-order valence-corrected chi connectivity index (χ2v) is 3.00. The molecule has 0 saturated heterocycles. The SMILES string of the molecule is COCCCc1ccc(Cl)cn1. The van der Waals surface area contributed by atoms with Crippen LogP contribution in [0.2, 0.25) is 5.02 Å². The number of halogens is 1. The number of aryl methyl sites for hydroxylation is 1. The predicted molar refractivity (Wildman–Crippen MR) is 49.4 cm³/mol. The summed E-state index contributed by atoms with van der Waals surface area (Å²) in [6, 6.07) is 3.80. The molecular weight excluding hydrogens is 174 g/mol. The van der Waals surface area contributed by atoms with Crippen molar-refractivity contribution in [3.63, 3.8) is 0 Å². The van der Waals surface area contributed by atoms with Gasteiger partial charge < -0.3 is 4.74 Å². The Balaban J connectivity index is 2.37. The third kappa shape index (κ3) is 3.20. The number of ether oxygens (including phenoxy) is 1. The smallest absolute Gasteiger partial charge is 0.0589 e. The van der Waals surface area contributed by atoms with E-state index in [1.165, 1.54) is 0 Å². The summed E-state index contributed by atoms with van der Waals surface area (Å²) in [6.07, 6.45) is 3.62. The van der Waals surface area contributed by atoms with Crippen LogP contribution in [0.1, 0.15) is 12.1 Å². The van der Waals surface area contributed by atoms with E-state index in [0.29, 0.717) is 5.02 Å². The molecule has 0 spiro atoms. The van der Waals surface area contributed by atoms with Crippen LogP contribution >= 0.6 is 11.6 Å². The van der Waals surface area contributed by atoms with Gasteiger partial charge in [-0.05, 0) is 25.0 Å². The standard InChI is InChI=1S/C9H12ClNO/c1-12-6-2-3-9-5-4-8(10)7-11-9/h4-5,7H,2-3,6H2,1H3. The van der Waals surface area contributed by atoms with Crippen LogP contribution in [0.15, 0.2) is 18.3 Å². The van der Waals surface area contributed by atoms with Gasteiger partial charge in [-0.3, -0.25) is 4.98 Å². The number of pyridine rings is 1. The average molecular weight is 186 g/mol. The Bertz CT molecular complexity index is 222. The van der Waals surface area contributed by atoms with Crippen LogP contribution in [0.25, 0.3) is 0 Å². The van der Waals surface area contributed by atoms with Crippen molar-refractivity contribution in [3.05, 3.63) is 29.0 Å². The Morgan fingerprint density at radius 3 is 2.92 bits per heavy atom. The molecular formula is C9H12ClNO. The van der Waals surface area contributed by atoms with Gasteiger partial charge in [0.1, 0.15) is 0 Å². The highest BCUT2D eigenvalue weighted by Crippen LogP contribution is 2.07. The van der Waals surface area contributed by atoms with Crippen molar-refractivity contribution in [3.8, 4) is 0 Å². The first kappa shape index (κ1) is 9.49. The lowest BCUT2D eigenvalue weighted by Crippen LogP contribution is -1.94. The van der Waals surface area contributed by atoms with Crippen molar-refractivity contribution in [2.45, 2.75) is 12.8 Å². The Labute approximate surface area is 77.5 Å². The summed E-state index contributed by atoms with van der Waals surface area (Å²) in [5.74, 6) is 0. The maximum atomic E-state index is 5.69. The Hall–Kier alpha value is -0.600. The fourth-order valence-corrected chi connectivity index (χ4v) is 1.06. The number of hydrogen-bond donors (Lipinski definition) is 0. The van der Waals surface area contributed by atoms with Crippen LogP contribution in [0.5, 0.6) is 0 Å². The molecule has 0 N–H and O–H groups in total. The first-order chi connectivity index (χ1) is 5.83. The quantitative estimate of drug-likeness (QED) is 0.672. The van der Waals surface area contributed by atoms with E-state index in [0.717, 1.165) is 25.1 Å². The molecule has 0 aliphatic carbocycles. The average Bonchev–Trinajstić information content (AvgIpc) is 2.09. The van der Waals surface area contributed by atoms with E-state index < -0.39 is 0 Å². The van der Waals surface area contributed by atoms with E-state index in [2.05, 4.69) is 4.98 Å². The number of hydrogen-bond acceptors (Lipinski definition) is 2. The van der Waals surface area contributed by atoms with E-state index in [-0.39, 0.29) is 0 Å². The molecule has 1 aromatic rings. The van der Waals surface area contributed by atoms with Crippen LogP contribution in [-0.4, -0.2) is 18.7 Å². The van der Waals surface area contributed by atoms with Gasteiger partial charge in [-0.15, -0.1) is 0 Å². The summed E-state index contributed by atoms with van der Waals surface area (Å²) in [6.45, 7) is 0.782. The minimum atomic E-state index is 0.686. The lowest BCUT2D eigenvalue weighted by molar-refractivity contribution is 0.195. The maximum Gasteiger partial charge on any atom is 0.0589 e. The number of nitrogens with zero attached hydrogens (tertiary/aromatic N) is 1. The molecule has 0 atom stereocenters. The third-order valence-electron chi connectivity index (χ3n) is 1.57. The van der Waals surface area contributed by atoms with Gasteiger partial charge in [0.25, 0.3) is 0 Å². The summed E-state index contributed by atoms with van der Waals surface area (Å²) in [5.41, 5.74) is 1.07. The second kappa shape index (κ2) is 5.12. The van der Waals surface area contributed by atoms with E-state index >= 15 is 0 Å². The van der Waals surface area contributed by atoms with Crippen molar-refractivity contribution in [1.29, 1.82) is 0 Å². The molecule has 1 heterocycles. The van der Waals surface area contributed by atoms with Crippen molar-refractivity contribution in [2.24, 2.45) is 0 Å². The summed E-state index contributed by atoms with van der Waals surface area (Å²) < 4.78 is 4.93. The van der Waals surface area contributed by atoms with Crippen molar-refractivity contribution < 1.29 is 4.74 Å². The van der Waals surface area contributed by atoms with E-state index in [1.54, 1.807) is 13.3 Å². The van der Waals surface area contributed by atoms with Gasteiger partial charge in [-0.2, -0.15) is 0 Å². The largest absolute Gasteiger partial charge is 0.385 e. The number of methoxy groups -OCH3 is 1. The molecule has 0 aliphatic heterocycles. The monoisotopic (exact) mass is 185 g/mol. The van der Waals surface area contributed by atoms with Gasteiger partial charge in [-0.25, -0.2) is 0 Å². The van der Waals surface area contributed by atoms with Crippen LogP contribution in [0.3, 0.4) is 0 Å². The first-order valence-corrected chi connectivity index (χ1v) is 4.30. The van der Waals surface area contributed by atoms with Gasteiger partial charge in [0.2, 0.25) is 0 Å². The molecule has 1 rings (SSSR count). The lowest BCUT2D eigenvalue weighted by atomic mass is 10.2. The topological polar surface area (TPSA) is 22.1 Å². The molecule has 0 saturated carbocycles. The highest BCUT2D eigenvalue weighted by atomic mass is 35.5. The normalized spacial score (nSPS) is 10.2. The number of rotatable bonds is 4. The molecule has 0 radical (unpaired) electrons. The summed E-state index contributed by atoms with van der Waals surface area (Å²) >= 11 is 5.69. The van der Waals surface area contributed by atoms with Crippen LogP contribution in [-0.2, 0) is 11.2 Å². The molecule has 66 valence electrons. The van der Waals surface area contributed by atoms with Crippen molar-refractivity contribution in [2.75, 3.05) is 13.7 Å².